The Bertz CT molecular complexity index is 1160. The molecule has 0 radical (unpaired) electrons. The van der Waals surface area contributed by atoms with Gasteiger partial charge in [-0.2, -0.15) is 0 Å². The third kappa shape index (κ3) is 3.18. The number of aromatic nitrogens is 2. The number of benzene rings is 2. The molecule has 7 heteroatoms. The Hall–Kier alpha value is -3.87. The van der Waals surface area contributed by atoms with Crippen LogP contribution in [0.1, 0.15) is 10.4 Å². The summed E-state index contributed by atoms with van der Waals surface area (Å²) in [6.07, 6.45) is 1.35. The fourth-order valence-electron chi connectivity index (χ4n) is 2.69. The van der Waals surface area contributed by atoms with Gasteiger partial charge < -0.3 is 9.15 Å². The maximum atomic E-state index is 12.3. The number of amides is 1. The monoisotopic (exact) mass is 360 g/mol. The van der Waals surface area contributed by atoms with Gasteiger partial charge in [-0.15, -0.1) is 0 Å². The normalized spacial score (nSPS) is 10.7. The molecule has 27 heavy (non-hydrogen) atoms. The van der Waals surface area contributed by atoms with E-state index in [0.717, 1.165) is 11.3 Å². The van der Waals surface area contributed by atoms with Gasteiger partial charge >= 0.3 is 0 Å². The molecule has 0 aliphatic heterocycles. The number of hydrogen-bond donors (Lipinski definition) is 2. The first-order valence-corrected chi connectivity index (χ1v) is 8.22. The van der Waals surface area contributed by atoms with Crippen molar-refractivity contribution in [3.8, 4) is 17.1 Å². The van der Waals surface area contributed by atoms with E-state index in [1.54, 1.807) is 37.4 Å². The molecule has 0 unspecified atom stereocenters. The summed E-state index contributed by atoms with van der Waals surface area (Å²) in [4.78, 5) is 16.5. The first-order chi connectivity index (χ1) is 13.2. The molecule has 2 heterocycles. The molecular formula is C20H16N4O3. The van der Waals surface area contributed by atoms with Crippen molar-refractivity contribution in [2.45, 2.75) is 0 Å². The number of hydrogen-bond acceptors (Lipinski definition) is 5. The fraction of sp³-hybridized carbons (Fsp3) is 0.0500. The predicted molar refractivity (Wildman–Crippen MR) is 100.0 cm³/mol. The van der Waals surface area contributed by atoms with Gasteiger partial charge in [0, 0.05) is 11.1 Å². The van der Waals surface area contributed by atoms with Crippen LogP contribution in [0.5, 0.6) is 5.75 Å². The molecule has 2 aromatic heterocycles. The number of carbonyl (C=O) groups is 1. The lowest BCUT2D eigenvalue weighted by Gasteiger charge is -2.08. The van der Waals surface area contributed by atoms with Crippen LogP contribution in [-0.4, -0.2) is 22.7 Å². The van der Waals surface area contributed by atoms with Gasteiger partial charge in [-0.1, -0.05) is 18.2 Å². The Morgan fingerprint density at radius 3 is 2.59 bits per heavy atom. The highest BCUT2D eigenvalue weighted by Crippen LogP contribution is 2.26. The van der Waals surface area contributed by atoms with Crippen LogP contribution in [0.15, 0.2) is 71.4 Å². The Kier molecular flexibility index (Phi) is 4.18. The minimum Gasteiger partial charge on any atom is -0.497 e. The maximum Gasteiger partial charge on any atom is 0.270 e. The molecule has 4 rings (SSSR count). The standard InChI is InChI=1S/C20H16N4O3/c1-26-15-9-7-13(8-10-15)17-11-16-18(21)24(12-22-20(16)27-17)23-19(25)14-5-3-2-4-6-14/h2-12,21H,1H3,(H,23,25). The highest BCUT2D eigenvalue weighted by Gasteiger charge is 2.12. The van der Waals surface area contributed by atoms with E-state index in [1.165, 1.54) is 11.0 Å². The van der Waals surface area contributed by atoms with Crippen molar-refractivity contribution < 1.29 is 13.9 Å². The van der Waals surface area contributed by atoms with Crippen molar-refractivity contribution in [2.24, 2.45) is 0 Å². The Balaban J connectivity index is 1.67. The summed E-state index contributed by atoms with van der Waals surface area (Å²) in [7, 11) is 1.61. The van der Waals surface area contributed by atoms with Crippen molar-refractivity contribution in [1.82, 2.24) is 9.66 Å². The Morgan fingerprint density at radius 2 is 1.89 bits per heavy atom. The van der Waals surface area contributed by atoms with Gasteiger partial charge in [0.15, 0.2) is 5.49 Å². The van der Waals surface area contributed by atoms with Gasteiger partial charge in [-0.3, -0.25) is 15.6 Å². The van der Waals surface area contributed by atoms with Crippen LogP contribution in [0.4, 0.5) is 0 Å². The van der Waals surface area contributed by atoms with Crippen LogP contribution in [0.3, 0.4) is 0 Å². The van der Waals surface area contributed by atoms with Gasteiger partial charge in [0.05, 0.1) is 12.5 Å². The molecular weight excluding hydrogens is 344 g/mol. The van der Waals surface area contributed by atoms with E-state index in [0.29, 0.717) is 22.4 Å². The summed E-state index contributed by atoms with van der Waals surface area (Å²) < 4.78 is 12.2. The molecule has 2 N–H and O–H groups in total. The molecule has 7 nitrogen and oxygen atoms in total. The smallest absolute Gasteiger partial charge is 0.270 e. The summed E-state index contributed by atoms with van der Waals surface area (Å²) >= 11 is 0. The average Bonchev–Trinajstić information content (AvgIpc) is 3.16. The minimum absolute atomic E-state index is 0.0767. The summed E-state index contributed by atoms with van der Waals surface area (Å²) in [6, 6.07) is 17.9. The van der Waals surface area contributed by atoms with E-state index in [-0.39, 0.29) is 11.4 Å². The van der Waals surface area contributed by atoms with Gasteiger partial charge in [0.2, 0.25) is 5.71 Å². The number of rotatable bonds is 4. The number of nitrogens with zero attached hydrogens (tertiary/aromatic N) is 2. The topological polar surface area (TPSA) is 93.1 Å². The highest BCUT2D eigenvalue weighted by atomic mass is 16.5. The van der Waals surface area contributed by atoms with Gasteiger partial charge in [-0.25, -0.2) is 9.66 Å². The molecule has 0 aliphatic carbocycles. The number of nitrogens with one attached hydrogen (secondary N) is 2. The van der Waals surface area contributed by atoms with Gasteiger partial charge in [0.25, 0.3) is 5.91 Å². The van der Waals surface area contributed by atoms with E-state index >= 15 is 0 Å². The Morgan fingerprint density at radius 1 is 1.15 bits per heavy atom. The predicted octanol–water partition coefficient (Wildman–Crippen LogP) is 3.17. The zero-order valence-electron chi connectivity index (χ0n) is 14.5. The van der Waals surface area contributed by atoms with E-state index in [9.17, 15) is 4.79 Å². The molecule has 0 atom stereocenters. The van der Waals surface area contributed by atoms with Crippen LogP contribution < -0.4 is 15.7 Å². The van der Waals surface area contributed by atoms with Crippen molar-refractivity contribution in [2.75, 3.05) is 12.5 Å². The number of methoxy groups -OCH3 is 1. The van der Waals surface area contributed by atoms with Crippen molar-refractivity contribution in [3.05, 3.63) is 78.0 Å². The molecule has 134 valence electrons. The van der Waals surface area contributed by atoms with Crippen LogP contribution in [0, 0.1) is 5.41 Å². The number of ether oxygens (including phenoxy) is 1. The number of furan rings is 1. The molecule has 0 saturated heterocycles. The molecule has 0 aliphatic rings. The molecule has 0 bridgehead atoms. The molecule has 1 amide bonds. The quantitative estimate of drug-likeness (QED) is 0.585. The zero-order valence-corrected chi connectivity index (χ0v) is 14.5. The third-order valence-corrected chi connectivity index (χ3v) is 4.13. The fourth-order valence-corrected chi connectivity index (χ4v) is 2.69. The SMILES string of the molecule is COc1ccc(-c2cc3c(=N)n(NC(=O)c4ccccc4)cnc3o2)cc1. The number of fused-ring (bicyclic) bond motifs is 1. The van der Waals surface area contributed by atoms with Gasteiger partial charge in [0.1, 0.15) is 17.8 Å². The second-order valence-electron chi connectivity index (χ2n) is 5.83. The van der Waals surface area contributed by atoms with Crippen LogP contribution in [-0.2, 0) is 0 Å². The summed E-state index contributed by atoms with van der Waals surface area (Å²) in [5.41, 5.74) is 4.40. The summed E-state index contributed by atoms with van der Waals surface area (Å²) in [5, 5.41) is 8.86. The lowest BCUT2D eigenvalue weighted by molar-refractivity contribution is 0.101. The van der Waals surface area contributed by atoms with E-state index in [4.69, 9.17) is 14.6 Å². The second-order valence-corrected chi connectivity index (χ2v) is 5.83. The second kappa shape index (κ2) is 6.80. The molecule has 0 fully saturated rings. The minimum atomic E-state index is -0.325. The zero-order chi connectivity index (χ0) is 18.8. The van der Waals surface area contributed by atoms with Crippen molar-refractivity contribution >= 4 is 17.0 Å². The Labute approximate surface area is 154 Å². The molecule has 2 aromatic carbocycles. The van der Waals surface area contributed by atoms with Crippen LogP contribution >= 0.6 is 0 Å². The molecule has 4 aromatic rings. The first kappa shape index (κ1) is 16.6. The first-order valence-electron chi connectivity index (χ1n) is 8.22. The molecule has 0 spiro atoms. The summed E-state index contributed by atoms with van der Waals surface area (Å²) in [5.74, 6) is 1.01. The van der Waals surface area contributed by atoms with Crippen LogP contribution in [0.2, 0.25) is 0 Å². The van der Waals surface area contributed by atoms with Crippen molar-refractivity contribution in [1.29, 1.82) is 5.41 Å². The average molecular weight is 360 g/mol. The lowest BCUT2D eigenvalue weighted by atomic mass is 10.1. The largest absolute Gasteiger partial charge is 0.497 e. The maximum absolute atomic E-state index is 12.3. The molecule has 0 saturated carbocycles. The van der Waals surface area contributed by atoms with E-state index < -0.39 is 0 Å². The highest BCUT2D eigenvalue weighted by molar-refractivity contribution is 6.00. The van der Waals surface area contributed by atoms with E-state index in [1.807, 2.05) is 30.3 Å². The van der Waals surface area contributed by atoms with E-state index in [2.05, 4.69) is 10.4 Å². The van der Waals surface area contributed by atoms with Gasteiger partial charge in [-0.05, 0) is 42.5 Å². The summed E-state index contributed by atoms with van der Waals surface area (Å²) in [6.45, 7) is 0. The van der Waals surface area contributed by atoms with Crippen LogP contribution in [0.25, 0.3) is 22.4 Å². The third-order valence-electron chi connectivity index (χ3n) is 4.13. The number of carbonyl (C=O) groups excluding carboxylic acids is 1. The van der Waals surface area contributed by atoms with Crippen molar-refractivity contribution in [3.63, 3.8) is 0 Å². The lowest BCUT2D eigenvalue weighted by Crippen LogP contribution is -2.33.